The number of nitrogens with zero attached hydrogens (tertiary/aromatic N) is 4. The topological polar surface area (TPSA) is 66.4 Å². The van der Waals surface area contributed by atoms with Gasteiger partial charge in [-0.2, -0.15) is 0 Å². The van der Waals surface area contributed by atoms with Gasteiger partial charge in [0.25, 0.3) is 5.91 Å². The molecule has 2 aromatic heterocycles. The first-order chi connectivity index (χ1) is 14.6. The van der Waals surface area contributed by atoms with Gasteiger partial charge in [-0.25, -0.2) is 4.98 Å². The average molecular weight is 419 g/mol. The van der Waals surface area contributed by atoms with Crippen molar-refractivity contribution in [2.45, 2.75) is 25.7 Å². The molecule has 30 heavy (non-hydrogen) atoms. The number of hydrogen-bond donors (Lipinski definition) is 0. The van der Waals surface area contributed by atoms with Gasteiger partial charge < -0.3 is 4.90 Å². The zero-order chi connectivity index (χ0) is 20.7. The van der Waals surface area contributed by atoms with E-state index in [9.17, 15) is 9.59 Å². The van der Waals surface area contributed by atoms with Gasteiger partial charge >= 0.3 is 0 Å². The summed E-state index contributed by atoms with van der Waals surface area (Å²) in [4.78, 5) is 37.6. The van der Waals surface area contributed by atoms with E-state index >= 15 is 0 Å². The minimum atomic E-state index is -0.184. The number of pyridine rings is 1. The second-order valence-corrected chi connectivity index (χ2v) is 8.64. The second kappa shape index (κ2) is 7.65. The number of aryl methyl sites for hydroxylation is 1. The van der Waals surface area contributed by atoms with E-state index in [0.717, 1.165) is 49.2 Å². The Morgan fingerprint density at radius 2 is 2.07 bits per heavy atom. The van der Waals surface area contributed by atoms with Crippen LogP contribution < -0.4 is 9.80 Å². The van der Waals surface area contributed by atoms with E-state index in [1.165, 1.54) is 21.8 Å². The molecule has 1 fully saturated rings. The Hall–Kier alpha value is -3.06. The van der Waals surface area contributed by atoms with Gasteiger partial charge in [-0.3, -0.25) is 19.5 Å². The van der Waals surface area contributed by atoms with Crippen LogP contribution in [0.1, 0.15) is 35.3 Å². The molecule has 0 bridgehead atoms. The molecule has 2 aliphatic rings. The molecular formula is C23H22N4O2S. The molecule has 1 aromatic carbocycles. The fourth-order valence-corrected chi connectivity index (χ4v) is 4.63. The Labute approximate surface area is 179 Å². The summed E-state index contributed by atoms with van der Waals surface area (Å²) in [5, 5.41) is 2.60. The summed E-state index contributed by atoms with van der Waals surface area (Å²) in [5.74, 6) is 0.314. The molecule has 1 aliphatic carbocycles. The zero-order valence-corrected chi connectivity index (χ0v) is 17.6. The van der Waals surface area contributed by atoms with Gasteiger partial charge in [-0.15, -0.1) is 11.3 Å². The predicted molar refractivity (Wildman–Crippen MR) is 118 cm³/mol. The highest BCUT2D eigenvalue weighted by atomic mass is 32.1. The largest absolute Gasteiger partial charge is 0.312 e. The summed E-state index contributed by atoms with van der Waals surface area (Å²) in [5.41, 5.74) is 4.48. The molecule has 0 atom stereocenters. The number of carbonyl (C=O) groups excluding carboxylic acids is 2. The smallest absolute Gasteiger partial charge is 0.278 e. The number of carbonyl (C=O) groups is 2. The summed E-state index contributed by atoms with van der Waals surface area (Å²) in [6, 6.07) is 11.5. The van der Waals surface area contributed by atoms with E-state index in [1.54, 1.807) is 31.4 Å². The number of rotatable bonds is 4. The van der Waals surface area contributed by atoms with Crippen LogP contribution in [0.5, 0.6) is 0 Å². The molecule has 6 nitrogen and oxygen atoms in total. The lowest BCUT2D eigenvalue weighted by atomic mass is 9.98. The number of aromatic nitrogens is 2. The van der Waals surface area contributed by atoms with E-state index < -0.39 is 0 Å². The van der Waals surface area contributed by atoms with Crippen molar-refractivity contribution in [1.29, 1.82) is 0 Å². The van der Waals surface area contributed by atoms with E-state index in [0.29, 0.717) is 10.8 Å². The Balaban J connectivity index is 1.39. The lowest BCUT2D eigenvalue weighted by molar-refractivity contribution is -0.119. The maximum Gasteiger partial charge on any atom is 0.278 e. The molecule has 1 saturated carbocycles. The SMILES string of the molecule is CN(C(=O)c1ccccn1)c1nc(-c2ccc3c(c2)CCCN3C(=O)C2CC2)cs1. The molecule has 3 heterocycles. The lowest BCUT2D eigenvalue weighted by Crippen LogP contribution is -2.36. The number of thiazole rings is 1. The van der Waals surface area contributed by atoms with Crippen molar-refractivity contribution in [2.24, 2.45) is 5.92 Å². The van der Waals surface area contributed by atoms with Crippen molar-refractivity contribution in [3.8, 4) is 11.3 Å². The van der Waals surface area contributed by atoms with Crippen LogP contribution in [-0.2, 0) is 11.2 Å². The van der Waals surface area contributed by atoms with Gasteiger partial charge in [-0.05, 0) is 55.5 Å². The summed E-state index contributed by atoms with van der Waals surface area (Å²) < 4.78 is 0. The number of fused-ring (bicyclic) bond motifs is 1. The molecule has 2 amide bonds. The quantitative estimate of drug-likeness (QED) is 0.638. The molecule has 0 N–H and O–H groups in total. The van der Waals surface area contributed by atoms with Crippen molar-refractivity contribution >= 4 is 34.0 Å². The van der Waals surface area contributed by atoms with Gasteiger partial charge in [0.05, 0.1) is 5.69 Å². The Morgan fingerprint density at radius 3 is 2.83 bits per heavy atom. The molecule has 7 heteroatoms. The van der Waals surface area contributed by atoms with Crippen molar-refractivity contribution in [3.63, 3.8) is 0 Å². The molecule has 152 valence electrons. The third-order valence-electron chi connectivity index (χ3n) is 5.65. The molecule has 0 radical (unpaired) electrons. The van der Waals surface area contributed by atoms with Crippen LogP contribution in [0.2, 0.25) is 0 Å². The fraction of sp³-hybridized carbons (Fsp3) is 0.304. The minimum Gasteiger partial charge on any atom is -0.312 e. The van der Waals surface area contributed by atoms with Crippen LogP contribution in [0.3, 0.4) is 0 Å². The van der Waals surface area contributed by atoms with Gasteiger partial charge in [0, 0.05) is 42.3 Å². The summed E-state index contributed by atoms with van der Waals surface area (Å²) >= 11 is 1.43. The van der Waals surface area contributed by atoms with Crippen LogP contribution >= 0.6 is 11.3 Å². The van der Waals surface area contributed by atoms with Crippen molar-refractivity contribution in [3.05, 3.63) is 59.2 Å². The molecule has 1 aliphatic heterocycles. The van der Waals surface area contributed by atoms with E-state index in [4.69, 9.17) is 0 Å². The predicted octanol–water partition coefficient (Wildman–Crippen LogP) is 4.17. The fourth-order valence-electron chi connectivity index (χ4n) is 3.83. The highest BCUT2D eigenvalue weighted by Gasteiger charge is 2.35. The molecule has 0 spiro atoms. The van der Waals surface area contributed by atoms with Crippen LogP contribution in [-0.4, -0.2) is 35.4 Å². The number of benzene rings is 1. The standard InChI is InChI=1S/C23H22N4O2S/c1-26(22(29)18-6-2-3-11-24-18)23-25-19(14-30-23)16-9-10-20-17(13-16)5-4-12-27(20)21(28)15-7-8-15/h2-3,6,9-11,13-15H,4-5,7-8,12H2,1H3. The maximum atomic E-state index is 12.6. The van der Waals surface area contributed by atoms with E-state index in [-0.39, 0.29) is 17.7 Å². The average Bonchev–Trinajstić information content (AvgIpc) is 3.53. The monoisotopic (exact) mass is 418 g/mol. The van der Waals surface area contributed by atoms with Crippen LogP contribution in [0, 0.1) is 5.92 Å². The maximum absolute atomic E-state index is 12.6. The van der Waals surface area contributed by atoms with Crippen LogP contribution in [0.4, 0.5) is 10.8 Å². The van der Waals surface area contributed by atoms with E-state index in [1.807, 2.05) is 22.4 Å². The molecule has 5 rings (SSSR count). The van der Waals surface area contributed by atoms with E-state index in [2.05, 4.69) is 16.0 Å². The lowest BCUT2D eigenvalue weighted by Gasteiger charge is -2.30. The Bertz CT molecular complexity index is 1110. The number of amides is 2. The second-order valence-electron chi connectivity index (χ2n) is 7.81. The normalized spacial score (nSPS) is 15.6. The van der Waals surface area contributed by atoms with Crippen LogP contribution in [0.15, 0.2) is 48.0 Å². The minimum absolute atomic E-state index is 0.184. The third kappa shape index (κ3) is 3.50. The van der Waals surface area contributed by atoms with Gasteiger partial charge in [0.1, 0.15) is 5.69 Å². The molecule has 0 unspecified atom stereocenters. The van der Waals surface area contributed by atoms with Gasteiger partial charge in [0.2, 0.25) is 5.91 Å². The Kier molecular flexibility index (Phi) is 4.83. The zero-order valence-electron chi connectivity index (χ0n) is 16.7. The molecule has 3 aromatic rings. The Morgan fingerprint density at radius 1 is 1.20 bits per heavy atom. The first-order valence-corrected chi connectivity index (χ1v) is 11.1. The van der Waals surface area contributed by atoms with Crippen molar-refractivity contribution in [2.75, 3.05) is 23.4 Å². The third-order valence-corrected chi connectivity index (χ3v) is 6.57. The number of anilines is 2. The van der Waals surface area contributed by atoms with Gasteiger partial charge in [-0.1, -0.05) is 12.1 Å². The van der Waals surface area contributed by atoms with Crippen LogP contribution in [0.25, 0.3) is 11.3 Å². The highest BCUT2D eigenvalue weighted by molar-refractivity contribution is 7.14. The van der Waals surface area contributed by atoms with Gasteiger partial charge in [0.15, 0.2) is 5.13 Å². The van der Waals surface area contributed by atoms with Crippen molar-refractivity contribution < 1.29 is 9.59 Å². The summed E-state index contributed by atoms with van der Waals surface area (Å²) in [6.45, 7) is 0.808. The van der Waals surface area contributed by atoms with Crippen molar-refractivity contribution in [1.82, 2.24) is 9.97 Å². The summed E-state index contributed by atoms with van der Waals surface area (Å²) in [6.07, 6.45) is 5.61. The first kappa shape index (κ1) is 18.9. The first-order valence-electron chi connectivity index (χ1n) is 10.2. The summed E-state index contributed by atoms with van der Waals surface area (Å²) in [7, 11) is 1.72. The highest BCUT2D eigenvalue weighted by Crippen LogP contribution is 2.37. The number of hydrogen-bond acceptors (Lipinski definition) is 5. The molecular weight excluding hydrogens is 396 g/mol. The molecule has 0 saturated heterocycles.